The number of benzene rings is 2. The van der Waals surface area contributed by atoms with Crippen LogP contribution in [0.1, 0.15) is 40.5 Å². The first-order valence-corrected chi connectivity index (χ1v) is 12.7. The van der Waals surface area contributed by atoms with E-state index in [-0.39, 0.29) is 46.8 Å². The van der Waals surface area contributed by atoms with Crippen molar-refractivity contribution < 1.29 is 49.4 Å². The van der Waals surface area contributed by atoms with Gasteiger partial charge in [0.1, 0.15) is 12.6 Å². The van der Waals surface area contributed by atoms with Gasteiger partial charge in [-0.15, -0.1) is 0 Å². The number of ether oxygens (including phenoxy) is 1. The number of hydrogen-bond donors (Lipinski definition) is 8. The molecule has 2 aromatic rings. The molecule has 0 bridgehead atoms. The molecule has 1 aliphatic carbocycles. The van der Waals surface area contributed by atoms with Crippen LogP contribution < -0.4 is 16.0 Å². The first-order chi connectivity index (χ1) is 19.9. The number of nitrogens with one attached hydrogen (secondary N) is 3. The van der Waals surface area contributed by atoms with Crippen LogP contribution in [0.3, 0.4) is 0 Å². The van der Waals surface area contributed by atoms with Crippen LogP contribution >= 0.6 is 0 Å². The summed E-state index contributed by atoms with van der Waals surface area (Å²) in [6, 6.07) is 9.62. The number of aromatic carboxylic acids is 2. The van der Waals surface area contributed by atoms with E-state index in [0.29, 0.717) is 5.69 Å². The summed E-state index contributed by atoms with van der Waals surface area (Å²) >= 11 is 0. The van der Waals surface area contributed by atoms with E-state index in [1.165, 1.54) is 62.6 Å². The molecule has 14 nitrogen and oxygen atoms in total. The van der Waals surface area contributed by atoms with Gasteiger partial charge in [0.25, 0.3) is 0 Å². The molecule has 8 N–H and O–H groups in total. The molecule has 14 heteroatoms. The Morgan fingerprint density at radius 2 is 1.45 bits per heavy atom. The lowest BCUT2D eigenvalue weighted by Gasteiger charge is -2.35. The fraction of sp³-hybridized carbons (Fsp3) is 0.321. The van der Waals surface area contributed by atoms with Crippen LogP contribution in [0.4, 0.5) is 11.4 Å². The largest absolute Gasteiger partial charge is 0.493 e. The van der Waals surface area contributed by atoms with Crippen molar-refractivity contribution in [2.45, 2.75) is 37.5 Å². The molecule has 0 unspecified atom stereocenters. The Balaban J connectivity index is 1.81. The second kappa shape index (κ2) is 13.7. The molecule has 0 aromatic heterocycles. The number of methoxy groups -OCH3 is 1. The predicted octanol–water partition coefficient (Wildman–Crippen LogP) is 0.815. The minimum absolute atomic E-state index is 0.0233. The molecule has 3 rings (SSSR count). The maximum absolute atomic E-state index is 13.1. The summed E-state index contributed by atoms with van der Waals surface area (Å²) in [6.07, 6.45) is -1.63. The van der Waals surface area contributed by atoms with Gasteiger partial charge in [-0.1, -0.05) is 0 Å². The van der Waals surface area contributed by atoms with E-state index >= 15 is 0 Å². The second-order valence-electron chi connectivity index (χ2n) is 9.68. The molecule has 0 heterocycles. The van der Waals surface area contributed by atoms with Crippen molar-refractivity contribution in [3.63, 3.8) is 0 Å². The van der Waals surface area contributed by atoms with Crippen molar-refractivity contribution >= 4 is 40.8 Å². The fourth-order valence-electron chi connectivity index (χ4n) is 4.21. The van der Waals surface area contributed by atoms with Gasteiger partial charge in [-0.25, -0.2) is 9.59 Å². The molecule has 42 heavy (non-hydrogen) atoms. The molecule has 0 radical (unpaired) electrons. The lowest BCUT2D eigenvalue weighted by molar-refractivity contribution is -0.120. The molecular formula is C28H32N4O10. The summed E-state index contributed by atoms with van der Waals surface area (Å²) in [6.45, 7) is 0.267. The van der Waals surface area contributed by atoms with E-state index in [1.54, 1.807) is 0 Å². The number of rotatable bonds is 12. The topological polar surface area (TPSA) is 227 Å². The van der Waals surface area contributed by atoms with Crippen molar-refractivity contribution in [1.29, 1.82) is 0 Å². The third kappa shape index (κ3) is 8.13. The average Bonchev–Trinajstić information content (AvgIpc) is 2.95. The Bertz CT molecular complexity index is 1390. The van der Waals surface area contributed by atoms with E-state index in [4.69, 9.17) is 14.9 Å². The molecule has 3 atom stereocenters. The molecule has 0 fully saturated rings. The zero-order valence-corrected chi connectivity index (χ0v) is 22.8. The number of hydrogen-bond acceptors (Lipinski definition) is 10. The molecule has 2 aromatic carbocycles. The quantitative estimate of drug-likeness (QED) is 0.174. The summed E-state index contributed by atoms with van der Waals surface area (Å²) in [7, 11) is 1.32. The first-order valence-electron chi connectivity index (χ1n) is 12.7. The summed E-state index contributed by atoms with van der Waals surface area (Å²) in [5, 5.41) is 57.4. The molecule has 2 amide bonds. The Morgan fingerprint density at radius 3 is 1.90 bits per heavy atom. The maximum Gasteiger partial charge on any atom is 0.335 e. The minimum atomic E-state index is -1.72. The zero-order valence-electron chi connectivity index (χ0n) is 22.8. The van der Waals surface area contributed by atoms with Gasteiger partial charge < -0.3 is 46.2 Å². The first kappa shape index (κ1) is 31.7. The van der Waals surface area contributed by atoms with Gasteiger partial charge in [0, 0.05) is 24.2 Å². The number of aliphatic imine (C=N–C) groups is 1. The molecule has 0 spiro atoms. The van der Waals surface area contributed by atoms with Crippen LogP contribution in [-0.2, 0) is 14.3 Å². The molecule has 224 valence electrons. The van der Waals surface area contributed by atoms with Crippen molar-refractivity contribution in [3.05, 3.63) is 71.1 Å². The molecule has 0 aliphatic heterocycles. The van der Waals surface area contributed by atoms with Crippen molar-refractivity contribution in [1.82, 2.24) is 5.32 Å². The van der Waals surface area contributed by atoms with Gasteiger partial charge in [0.2, 0.25) is 11.8 Å². The van der Waals surface area contributed by atoms with Crippen LogP contribution in [0.15, 0.2) is 65.0 Å². The van der Waals surface area contributed by atoms with E-state index in [0.717, 1.165) is 0 Å². The van der Waals surface area contributed by atoms with Crippen molar-refractivity contribution in [3.8, 4) is 0 Å². The van der Waals surface area contributed by atoms with Crippen LogP contribution in [0.5, 0.6) is 0 Å². The summed E-state index contributed by atoms with van der Waals surface area (Å²) in [5.74, 6) is -3.37. The van der Waals surface area contributed by atoms with E-state index in [9.17, 15) is 34.5 Å². The van der Waals surface area contributed by atoms with Crippen molar-refractivity contribution in [2.75, 3.05) is 30.9 Å². The number of nitrogens with zero attached hydrogens (tertiary/aromatic N) is 1. The van der Waals surface area contributed by atoms with E-state index in [2.05, 4.69) is 20.9 Å². The predicted molar refractivity (Wildman–Crippen MR) is 150 cm³/mol. The third-order valence-electron chi connectivity index (χ3n) is 6.36. The standard InChI is InChI=1S/C28H32N4O10/c1-15(34)23(25(36)31-19-9-5-17(6-10-19)27(39)40)32-21-12-28(41,14-33)11-20(24(21)42-2)29-13-22(35)30-18-7-3-16(4-8-18)26(37)38/h3-10,15,23,32-34,41H,11-14H2,1-2H3,(H,30,35)(H,31,36)(H,37,38)(H,39,40)/t15-,23+,28+/m1/s1. The second-order valence-corrected chi connectivity index (χ2v) is 9.68. The average molecular weight is 585 g/mol. The van der Waals surface area contributed by atoms with Gasteiger partial charge in [0.05, 0.1) is 48.0 Å². The van der Waals surface area contributed by atoms with Crippen LogP contribution in [0, 0.1) is 0 Å². The maximum atomic E-state index is 13.1. The van der Waals surface area contributed by atoms with Crippen LogP contribution in [0.2, 0.25) is 0 Å². The van der Waals surface area contributed by atoms with Gasteiger partial charge in [-0.3, -0.25) is 14.6 Å². The lowest BCUT2D eigenvalue weighted by Crippen LogP contribution is -2.51. The van der Waals surface area contributed by atoms with E-state index in [1.807, 2.05) is 0 Å². The number of allylic oxidation sites excluding steroid dienone is 1. The SMILES string of the molecule is COC1=C(N[C@H](C(=O)Nc2ccc(C(=O)O)cc2)[C@@H](C)O)C[C@](O)(CO)CC1=NCC(=O)Nc1ccc(C(=O)O)cc1. The normalized spacial score (nSPS) is 19.0. The Hall–Kier alpha value is -4.79. The number of carboxylic acid groups (broad SMARTS) is 2. The number of carboxylic acids is 2. The van der Waals surface area contributed by atoms with Crippen LogP contribution in [0.25, 0.3) is 0 Å². The van der Waals surface area contributed by atoms with Crippen molar-refractivity contribution in [2.24, 2.45) is 4.99 Å². The van der Waals surface area contributed by atoms with Crippen LogP contribution in [-0.4, -0.2) is 93.0 Å². The fourth-order valence-corrected chi connectivity index (χ4v) is 4.21. The van der Waals surface area contributed by atoms with E-state index < -0.39 is 54.7 Å². The highest BCUT2D eigenvalue weighted by Gasteiger charge is 2.39. The number of carbonyl (C=O) groups excluding carboxylic acids is 2. The highest BCUT2D eigenvalue weighted by molar-refractivity contribution is 6.03. The highest BCUT2D eigenvalue weighted by Crippen LogP contribution is 2.31. The molecule has 1 aliphatic rings. The monoisotopic (exact) mass is 584 g/mol. The number of anilines is 2. The third-order valence-corrected chi connectivity index (χ3v) is 6.36. The molecule has 0 saturated heterocycles. The van der Waals surface area contributed by atoms with Gasteiger partial charge in [0.15, 0.2) is 5.76 Å². The zero-order chi connectivity index (χ0) is 31.0. The smallest absolute Gasteiger partial charge is 0.335 e. The Morgan fingerprint density at radius 1 is 0.929 bits per heavy atom. The Kier molecular flexibility index (Phi) is 10.4. The van der Waals surface area contributed by atoms with Gasteiger partial charge in [-0.2, -0.15) is 0 Å². The lowest BCUT2D eigenvalue weighted by atomic mass is 9.85. The number of aliphatic hydroxyl groups excluding tert-OH is 2. The molecular weight excluding hydrogens is 552 g/mol. The number of carbonyl (C=O) groups is 4. The highest BCUT2D eigenvalue weighted by atomic mass is 16.5. The summed E-state index contributed by atoms with van der Waals surface area (Å²) < 4.78 is 5.49. The van der Waals surface area contributed by atoms with Gasteiger partial charge in [-0.05, 0) is 55.5 Å². The minimum Gasteiger partial charge on any atom is -0.493 e. The number of amides is 2. The number of aliphatic hydroxyl groups is 3. The van der Waals surface area contributed by atoms with Gasteiger partial charge >= 0.3 is 11.9 Å². The summed E-state index contributed by atoms with van der Waals surface area (Å²) in [5.41, 5.74) is -0.768. The molecule has 0 saturated carbocycles. The summed E-state index contributed by atoms with van der Waals surface area (Å²) in [4.78, 5) is 51.9. The Labute approximate surface area is 240 Å².